The molecule has 0 aromatic carbocycles. The first-order valence-electron chi connectivity index (χ1n) is 4.27. The van der Waals surface area contributed by atoms with Gasteiger partial charge in [0.2, 0.25) is 0 Å². The van der Waals surface area contributed by atoms with Gasteiger partial charge >= 0.3 is 6.15 Å². The maximum atomic E-state index is 12.9. The van der Waals surface area contributed by atoms with Crippen molar-refractivity contribution < 1.29 is 14.0 Å². The van der Waals surface area contributed by atoms with E-state index in [9.17, 15) is 4.39 Å². The number of halogens is 1. The van der Waals surface area contributed by atoms with E-state index in [-0.39, 0.29) is 17.7 Å². The lowest BCUT2D eigenvalue weighted by Crippen LogP contribution is -1.90. The Kier molecular flexibility index (Phi) is 6.45. The van der Waals surface area contributed by atoms with Crippen molar-refractivity contribution >= 4 is 6.15 Å². The van der Waals surface area contributed by atoms with Crippen molar-refractivity contribution in [1.82, 2.24) is 4.98 Å². The molecule has 3 nitrogen and oxygen atoms in total. The van der Waals surface area contributed by atoms with E-state index < -0.39 is 0 Å². The average Bonchev–Trinajstić information content (AvgIpc) is 2.21. The van der Waals surface area contributed by atoms with Crippen molar-refractivity contribution in [3.8, 4) is 11.8 Å². The molecule has 4 heteroatoms. The Bertz CT molecular complexity index is 412. The predicted octanol–water partition coefficient (Wildman–Crippen LogP) is 1.71. The number of carbonyl (C=O) groups excluding carboxylic acids is 2. The highest BCUT2D eigenvalue weighted by molar-refractivity contribution is 5.29. The summed E-state index contributed by atoms with van der Waals surface area (Å²) in [6.07, 6.45) is 0.967. The van der Waals surface area contributed by atoms with Crippen LogP contribution in [0.3, 0.4) is 0 Å². The third-order valence-corrected chi connectivity index (χ3v) is 1.37. The van der Waals surface area contributed by atoms with Gasteiger partial charge in [-0.25, -0.2) is 9.37 Å². The summed E-state index contributed by atoms with van der Waals surface area (Å²) >= 11 is 0. The molecule has 0 N–H and O–H groups in total. The van der Waals surface area contributed by atoms with Crippen LogP contribution in [0.2, 0.25) is 0 Å². The summed E-state index contributed by atoms with van der Waals surface area (Å²) in [4.78, 5) is 20.2. The smallest absolute Gasteiger partial charge is 0.242 e. The molecular formula is C11H10FNO2. The number of nitrogens with zero attached hydrogens (tertiary/aromatic N) is 1. The molecule has 0 saturated heterocycles. The van der Waals surface area contributed by atoms with Crippen LogP contribution >= 0.6 is 0 Å². The van der Waals surface area contributed by atoms with E-state index in [2.05, 4.69) is 16.8 Å². The van der Waals surface area contributed by atoms with Crippen LogP contribution in [0.5, 0.6) is 0 Å². The zero-order valence-corrected chi connectivity index (χ0v) is 8.50. The fraction of sp³-hybridized carbons (Fsp3) is 0.273. The Balaban J connectivity index is 0.000000583. The number of hydrogen-bond donors (Lipinski definition) is 0. The summed E-state index contributed by atoms with van der Waals surface area (Å²) in [5.41, 5.74) is 1.04. The van der Waals surface area contributed by atoms with Gasteiger partial charge in [-0.2, -0.15) is 9.59 Å². The number of aryl methyl sites for hydroxylation is 1. The number of hydrogen-bond acceptors (Lipinski definition) is 3. The predicted molar refractivity (Wildman–Crippen MR) is 51.1 cm³/mol. The molecule has 1 aromatic rings. The Labute approximate surface area is 87.3 Å². The standard InChI is InChI=1S/C10H10FN.CO2/c1-3-4-5-10-9(11)7-6-8(2)12-10;2-1-3/h6-7H,3H2,1-2H3;. The largest absolute Gasteiger partial charge is 0.373 e. The lowest BCUT2D eigenvalue weighted by atomic mass is 10.3. The third kappa shape index (κ3) is 5.35. The van der Waals surface area contributed by atoms with Crippen LogP contribution in [-0.4, -0.2) is 11.1 Å². The summed E-state index contributed by atoms with van der Waals surface area (Å²) in [7, 11) is 0. The highest BCUT2D eigenvalue weighted by atomic mass is 19.1. The third-order valence-electron chi connectivity index (χ3n) is 1.37. The molecule has 1 rings (SSSR count). The van der Waals surface area contributed by atoms with Gasteiger partial charge in [0, 0.05) is 12.1 Å². The van der Waals surface area contributed by atoms with Gasteiger partial charge in [-0.1, -0.05) is 12.8 Å². The molecule has 15 heavy (non-hydrogen) atoms. The minimum Gasteiger partial charge on any atom is -0.242 e. The summed E-state index contributed by atoms with van der Waals surface area (Å²) < 4.78 is 12.9. The molecule has 0 unspecified atom stereocenters. The zero-order chi connectivity index (χ0) is 11.7. The van der Waals surface area contributed by atoms with E-state index in [4.69, 9.17) is 9.59 Å². The van der Waals surface area contributed by atoms with Crippen LogP contribution in [0.4, 0.5) is 4.39 Å². The summed E-state index contributed by atoms with van der Waals surface area (Å²) in [5.74, 6) is 5.10. The van der Waals surface area contributed by atoms with Gasteiger partial charge in [0.05, 0.1) is 0 Å². The SMILES string of the molecule is CCC#Cc1nc(C)ccc1F.O=C=O. The lowest BCUT2D eigenvalue weighted by Gasteiger charge is -1.94. The molecule has 0 radical (unpaired) electrons. The van der Waals surface area contributed by atoms with E-state index in [1.54, 1.807) is 6.07 Å². The maximum Gasteiger partial charge on any atom is 0.373 e. The molecule has 0 aliphatic rings. The zero-order valence-electron chi connectivity index (χ0n) is 8.50. The first-order chi connectivity index (χ1) is 7.15. The van der Waals surface area contributed by atoms with E-state index in [0.717, 1.165) is 12.1 Å². The number of pyridine rings is 1. The van der Waals surface area contributed by atoms with Crippen LogP contribution in [0.1, 0.15) is 24.7 Å². The molecule has 0 fully saturated rings. The minimum absolute atomic E-state index is 0.247. The Morgan fingerprint density at radius 3 is 2.53 bits per heavy atom. The Morgan fingerprint density at radius 2 is 2.00 bits per heavy atom. The van der Waals surface area contributed by atoms with Crippen molar-refractivity contribution in [3.05, 3.63) is 29.3 Å². The highest BCUT2D eigenvalue weighted by Gasteiger charge is 1.98. The van der Waals surface area contributed by atoms with Crippen LogP contribution < -0.4 is 0 Å². The van der Waals surface area contributed by atoms with Gasteiger partial charge in [-0.05, 0) is 25.0 Å². The molecule has 0 saturated carbocycles. The van der Waals surface area contributed by atoms with Crippen LogP contribution in [-0.2, 0) is 9.59 Å². The number of aromatic nitrogens is 1. The fourth-order valence-corrected chi connectivity index (χ4v) is 0.799. The molecule has 0 spiro atoms. The monoisotopic (exact) mass is 207 g/mol. The molecule has 1 aromatic heterocycles. The molecule has 0 atom stereocenters. The lowest BCUT2D eigenvalue weighted by molar-refractivity contribution is -0.191. The average molecular weight is 207 g/mol. The van der Waals surface area contributed by atoms with Crippen molar-refractivity contribution in [3.63, 3.8) is 0 Å². The van der Waals surface area contributed by atoms with Gasteiger partial charge < -0.3 is 0 Å². The Morgan fingerprint density at radius 1 is 1.40 bits per heavy atom. The van der Waals surface area contributed by atoms with Crippen molar-refractivity contribution in [2.75, 3.05) is 0 Å². The molecule has 0 aliphatic heterocycles. The highest BCUT2D eigenvalue weighted by Crippen LogP contribution is 2.03. The Hall–Kier alpha value is -1.98. The van der Waals surface area contributed by atoms with Gasteiger partial charge in [0.15, 0.2) is 5.82 Å². The van der Waals surface area contributed by atoms with Crippen LogP contribution in [0, 0.1) is 24.6 Å². The summed E-state index contributed by atoms with van der Waals surface area (Å²) in [6.45, 7) is 3.73. The minimum atomic E-state index is -0.346. The second kappa shape index (κ2) is 7.43. The first kappa shape index (κ1) is 13.0. The van der Waals surface area contributed by atoms with Gasteiger partial charge in [-0.15, -0.1) is 0 Å². The molecule has 78 valence electrons. The van der Waals surface area contributed by atoms with Gasteiger partial charge in [-0.3, -0.25) is 0 Å². The molecule has 1 heterocycles. The quantitative estimate of drug-likeness (QED) is 0.608. The molecule has 0 bridgehead atoms. The normalized spacial score (nSPS) is 7.67. The number of rotatable bonds is 0. The molecule has 0 aliphatic carbocycles. The van der Waals surface area contributed by atoms with Crippen molar-refractivity contribution in [2.24, 2.45) is 0 Å². The maximum absolute atomic E-state index is 12.9. The van der Waals surface area contributed by atoms with Gasteiger partial charge in [0.25, 0.3) is 0 Å². The second-order valence-corrected chi connectivity index (χ2v) is 2.52. The summed E-state index contributed by atoms with van der Waals surface area (Å²) in [5, 5.41) is 0. The molecule has 0 amide bonds. The van der Waals surface area contributed by atoms with E-state index in [0.29, 0.717) is 0 Å². The van der Waals surface area contributed by atoms with Gasteiger partial charge in [0.1, 0.15) is 5.69 Å². The molecular weight excluding hydrogens is 197 g/mol. The first-order valence-corrected chi connectivity index (χ1v) is 4.27. The van der Waals surface area contributed by atoms with Crippen molar-refractivity contribution in [2.45, 2.75) is 20.3 Å². The van der Waals surface area contributed by atoms with Crippen molar-refractivity contribution in [1.29, 1.82) is 0 Å². The fourth-order valence-electron chi connectivity index (χ4n) is 0.799. The van der Waals surface area contributed by atoms with Crippen LogP contribution in [0.25, 0.3) is 0 Å². The van der Waals surface area contributed by atoms with E-state index in [1.165, 1.54) is 6.07 Å². The van der Waals surface area contributed by atoms with E-state index in [1.807, 2.05) is 13.8 Å². The topological polar surface area (TPSA) is 47.0 Å². The van der Waals surface area contributed by atoms with E-state index >= 15 is 0 Å². The summed E-state index contributed by atoms with van der Waals surface area (Å²) in [6, 6.07) is 3.02. The second-order valence-electron chi connectivity index (χ2n) is 2.52. The van der Waals surface area contributed by atoms with Crippen LogP contribution in [0.15, 0.2) is 12.1 Å².